The summed E-state index contributed by atoms with van der Waals surface area (Å²) in [5.74, 6) is 0. The minimum atomic E-state index is 0.379. The van der Waals surface area contributed by atoms with Gasteiger partial charge in [-0.3, -0.25) is 4.90 Å². The molecule has 2 heterocycles. The van der Waals surface area contributed by atoms with E-state index in [1.165, 1.54) is 49.2 Å². The zero-order valence-corrected chi connectivity index (χ0v) is 13.7. The molecule has 0 bridgehead atoms. The fraction of sp³-hybridized carbons (Fsp3) is 0.667. The molecule has 21 heavy (non-hydrogen) atoms. The van der Waals surface area contributed by atoms with Crippen molar-refractivity contribution in [2.24, 2.45) is 11.1 Å². The molecule has 116 valence electrons. The fourth-order valence-electron chi connectivity index (χ4n) is 3.93. The Labute approximate surface area is 129 Å². The highest BCUT2D eigenvalue weighted by atomic mass is 15.2. The van der Waals surface area contributed by atoms with E-state index in [2.05, 4.69) is 48.9 Å². The number of hydrogen-bond acceptors (Lipinski definition) is 3. The van der Waals surface area contributed by atoms with E-state index in [9.17, 15) is 0 Å². The van der Waals surface area contributed by atoms with Crippen molar-refractivity contribution in [1.82, 2.24) is 4.90 Å². The number of anilines is 1. The molecule has 0 aromatic heterocycles. The first kappa shape index (κ1) is 14.9. The van der Waals surface area contributed by atoms with Gasteiger partial charge in [0.2, 0.25) is 0 Å². The SMILES string of the molecule is CN1CCCc2cc(C(CN)N3CCC(C)(C)C3)ccc21. The van der Waals surface area contributed by atoms with Crippen LogP contribution in [0.15, 0.2) is 18.2 Å². The Morgan fingerprint density at radius 1 is 1.29 bits per heavy atom. The predicted octanol–water partition coefficient (Wildman–Crippen LogP) is 2.80. The number of benzene rings is 1. The Bertz CT molecular complexity index is 509. The van der Waals surface area contributed by atoms with Gasteiger partial charge < -0.3 is 10.6 Å². The van der Waals surface area contributed by atoms with Gasteiger partial charge in [0.05, 0.1) is 0 Å². The summed E-state index contributed by atoms with van der Waals surface area (Å²) < 4.78 is 0. The highest BCUT2D eigenvalue weighted by Gasteiger charge is 2.33. The molecule has 3 heteroatoms. The molecule has 2 aliphatic rings. The van der Waals surface area contributed by atoms with Crippen LogP contribution >= 0.6 is 0 Å². The van der Waals surface area contributed by atoms with Gasteiger partial charge in [-0.05, 0) is 48.4 Å². The van der Waals surface area contributed by atoms with Crippen molar-refractivity contribution < 1.29 is 0 Å². The summed E-state index contributed by atoms with van der Waals surface area (Å²) in [6.45, 7) is 8.94. The molecule has 2 N–H and O–H groups in total. The van der Waals surface area contributed by atoms with E-state index in [0.717, 1.165) is 6.54 Å². The molecule has 0 radical (unpaired) electrons. The maximum Gasteiger partial charge on any atom is 0.0470 e. The third kappa shape index (κ3) is 2.95. The Kier molecular flexibility index (Phi) is 3.98. The smallest absolute Gasteiger partial charge is 0.0470 e. The van der Waals surface area contributed by atoms with Gasteiger partial charge in [-0.25, -0.2) is 0 Å². The first-order valence-corrected chi connectivity index (χ1v) is 8.28. The van der Waals surface area contributed by atoms with Gasteiger partial charge in [0.25, 0.3) is 0 Å². The summed E-state index contributed by atoms with van der Waals surface area (Å²) in [5.41, 5.74) is 10.9. The molecule has 3 nitrogen and oxygen atoms in total. The fourth-order valence-corrected chi connectivity index (χ4v) is 3.93. The van der Waals surface area contributed by atoms with Crippen molar-refractivity contribution >= 4 is 5.69 Å². The Morgan fingerprint density at radius 2 is 2.10 bits per heavy atom. The molecule has 1 atom stereocenters. The number of nitrogens with two attached hydrogens (primary N) is 1. The minimum absolute atomic E-state index is 0.379. The van der Waals surface area contributed by atoms with Crippen LogP contribution in [0.3, 0.4) is 0 Å². The van der Waals surface area contributed by atoms with Crippen molar-refractivity contribution in [2.45, 2.75) is 39.2 Å². The number of hydrogen-bond donors (Lipinski definition) is 1. The van der Waals surface area contributed by atoms with Gasteiger partial charge >= 0.3 is 0 Å². The number of rotatable bonds is 3. The van der Waals surface area contributed by atoms with Crippen molar-refractivity contribution in [3.8, 4) is 0 Å². The molecular formula is C18H29N3. The zero-order valence-electron chi connectivity index (χ0n) is 13.7. The summed E-state index contributed by atoms with van der Waals surface area (Å²) in [7, 11) is 2.20. The molecule has 1 unspecified atom stereocenters. The predicted molar refractivity (Wildman–Crippen MR) is 89.8 cm³/mol. The summed E-state index contributed by atoms with van der Waals surface area (Å²) >= 11 is 0. The van der Waals surface area contributed by atoms with Crippen molar-refractivity contribution in [3.05, 3.63) is 29.3 Å². The number of fused-ring (bicyclic) bond motifs is 1. The van der Waals surface area contributed by atoms with Crippen molar-refractivity contribution in [2.75, 3.05) is 38.1 Å². The third-order valence-corrected chi connectivity index (χ3v) is 5.21. The second kappa shape index (κ2) is 5.62. The van der Waals surface area contributed by atoms with E-state index in [0.29, 0.717) is 18.0 Å². The summed E-state index contributed by atoms with van der Waals surface area (Å²) in [6, 6.07) is 7.38. The highest BCUT2D eigenvalue weighted by molar-refractivity contribution is 5.56. The quantitative estimate of drug-likeness (QED) is 0.928. The lowest BCUT2D eigenvalue weighted by molar-refractivity contribution is 0.223. The maximum absolute atomic E-state index is 6.12. The molecule has 1 fully saturated rings. The standard InChI is InChI=1S/C18H29N3/c1-18(2)8-10-21(13-18)17(12-19)15-6-7-16-14(11-15)5-4-9-20(16)3/h6-7,11,17H,4-5,8-10,12-13,19H2,1-3H3. The maximum atomic E-state index is 6.12. The number of likely N-dealkylation sites (tertiary alicyclic amines) is 1. The molecule has 0 spiro atoms. The van der Waals surface area contributed by atoms with Crippen LogP contribution in [-0.4, -0.2) is 38.1 Å². The van der Waals surface area contributed by atoms with Crippen LogP contribution in [-0.2, 0) is 6.42 Å². The molecule has 0 aliphatic carbocycles. The van der Waals surface area contributed by atoms with Crippen LogP contribution < -0.4 is 10.6 Å². The van der Waals surface area contributed by atoms with E-state index in [4.69, 9.17) is 5.73 Å². The van der Waals surface area contributed by atoms with Crippen LogP contribution in [0.4, 0.5) is 5.69 Å². The lowest BCUT2D eigenvalue weighted by Gasteiger charge is -2.31. The van der Waals surface area contributed by atoms with E-state index < -0.39 is 0 Å². The van der Waals surface area contributed by atoms with Crippen LogP contribution in [0.2, 0.25) is 0 Å². The van der Waals surface area contributed by atoms with Crippen LogP contribution in [0.25, 0.3) is 0 Å². The molecule has 1 aromatic carbocycles. The molecule has 0 amide bonds. The normalized spacial score (nSPS) is 23.1. The largest absolute Gasteiger partial charge is 0.374 e. The summed E-state index contributed by atoms with van der Waals surface area (Å²) in [6.07, 6.45) is 3.74. The van der Waals surface area contributed by atoms with Gasteiger partial charge in [-0.1, -0.05) is 26.0 Å². The monoisotopic (exact) mass is 287 g/mol. The van der Waals surface area contributed by atoms with Gasteiger partial charge in [-0.2, -0.15) is 0 Å². The average Bonchev–Trinajstić information content (AvgIpc) is 2.80. The van der Waals surface area contributed by atoms with Crippen LogP contribution in [0, 0.1) is 5.41 Å². The number of aryl methyl sites for hydroxylation is 1. The van der Waals surface area contributed by atoms with E-state index in [1.54, 1.807) is 0 Å². The lowest BCUT2D eigenvalue weighted by Crippen LogP contribution is -2.33. The van der Waals surface area contributed by atoms with Gasteiger partial charge in [0, 0.05) is 38.4 Å². The van der Waals surface area contributed by atoms with E-state index in [-0.39, 0.29) is 0 Å². The first-order chi connectivity index (χ1) is 10.00. The van der Waals surface area contributed by atoms with Gasteiger partial charge in [-0.15, -0.1) is 0 Å². The molecular weight excluding hydrogens is 258 g/mol. The zero-order chi connectivity index (χ0) is 15.0. The van der Waals surface area contributed by atoms with Crippen molar-refractivity contribution in [3.63, 3.8) is 0 Å². The molecule has 3 rings (SSSR count). The molecule has 0 saturated carbocycles. The highest BCUT2D eigenvalue weighted by Crippen LogP contribution is 2.36. The van der Waals surface area contributed by atoms with E-state index in [1.807, 2.05) is 0 Å². The Morgan fingerprint density at radius 3 is 2.76 bits per heavy atom. The third-order valence-electron chi connectivity index (χ3n) is 5.21. The molecule has 1 saturated heterocycles. The average molecular weight is 287 g/mol. The topological polar surface area (TPSA) is 32.5 Å². The van der Waals surface area contributed by atoms with Gasteiger partial charge in [0.15, 0.2) is 0 Å². The Hall–Kier alpha value is -1.06. The first-order valence-electron chi connectivity index (χ1n) is 8.28. The summed E-state index contributed by atoms with van der Waals surface area (Å²) in [5, 5.41) is 0. The Balaban J connectivity index is 1.85. The van der Waals surface area contributed by atoms with Crippen LogP contribution in [0.5, 0.6) is 0 Å². The molecule has 1 aromatic rings. The lowest BCUT2D eigenvalue weighted by atomic mass is 9.93. The summed E-state index contributed by atoms with van der Waals surface area (Å²) in [4.78, 5) is 4.95. The second-order valence-electron chi connectivity index (χ2n) is 7.55. The van der Waals surface area contributed by atoms with Gasteiger partial charge in [0.1, 0.15) is 0 Å². The van der Waals surface area contributed by atoms with Crippen LogP contribution in [0.1, 0.15) is 43.9 Å². The van der Waals surface area contributed by atoms with Crippen molar-refractivity contribution in [1.29, 1.82) is 0 Å². The molecule has 2 aliphatic heterocycles. The second-order valence-corrected chi connectivity index (χ2v) is 7.55. The van der Waals surface area contributed by atoms with E-state index >= 15 is 0 Å². The minimum Gasteiger partial charge on any atom is -0.374 e. The number of nitrogens with zero attached hydrogens (tertiary/aromatic N) is 2.